The maximum absolute atomic E-state index is 16.0. The second-order valence-corrected chi connectivity index (χ2v) is 14.5. The average molecular weight is 721 g/mol. The van der Waals surface area contributed by atoms with Crippen LogP contribution in [0.1, 0.15) is 30.4 Å². The van der Waals surface area contributed by atoms with Gasteiger partial charge in [0.15, 0.2) is 4.90 Å². The summed E-state index contributed by atoms with van der Waals surface area (Å²) in [5, 5.41) is 1.18. The molecule has 1 saturated heterocycles. The second kappa shape index (κ2) is 14.8. The number of piperidine rings is 1. The minimum atomic E-state index is -4.83. The summed E-state index contributed by atoms with van der Waals surface area (Å²) in [6.45, 7) is 0.662. The standard InChI is InChI=1S/C34H37Cl2F2N5O4S/c1-41(2)34(14-11-26-27(35)7-5-8-28(26)36)13-6-16-42(21-34)24-17-29(37)33(30(38)18-24)48(44,45)43(32-12-15-39-22-40-32)20-23-9-10-25(46-3)19-31(23)47-4/h5,7-10,12,15,17-19,22H,6,11,13-14,16,20-21H2,1-4H3/t34-/m0/s1. The van der Waals surface area contributed by atoms with Crippen molar-refractivity contribution in [1.82, 2.24) is 14.9 Å². The third-order valence-corrected chi connectivity index (χ3v) is 11.4. The van der Waals surface area contributed by atoms with E-state index in [4.69, 9.17) is 32.7 Å². The molecule has 14 heteroatoms. The molecule has 0 radical (unpaired) electrons. The number of benzene rings is 3. The number of hydrogen-bond acceptors (Lipinski definition) is 8. The van der Waals surface area contributed by atoms with E-state index in [1.807, 2.05) is 19.0 Å². The molecule has 0 saturated carbocycles. The maximum atomic E-state index is 16.0. The minimum Gasteiger partial charge on any atom is -0.497 e. The first-order chi connectivity index (χ1) is 22.9. The van der Waals surface area contributed by atoms with Crippen LogP contribution >= 0.6 is 23.2 Å². The predicted octanol–water partition coefficient (Wildman–Crippen LogP) is 7.01. The SMILES string of the molecule is COc1ccc(CN(c2ccncn2)S(=O)(=O)c2c(F)cc(N3CCC[C@@](CCc4c(Cl)cccc4Cl)(N(C)C)C3)cc2F)c(OC)c1. The van der Waals surface area contributed by atoms with E-state index in [9.17, 15) is 8.42 Å². The number of methoxy groups -OCH3 is 2. The third kappa shape index (κ3) is 7.31. The number of sulfonamides is 1. The highest BCUT2D eigenvalue weighted by Crippen LogP contribution is 2.38. The monoisotopic (exact) mass is 719 g/mol. The van der Waals surface area contributed by atoms with E-state index in [2.05, 4.69) is 14.9 Å². The van der Waals surface area contributed by atoms with E-state index in [0.717, 1.165) is 41.2 Å². The maximum Gasteiger partial charge on any atom is 0.271 e. The molecule has 9 nitrogen and oxygen atoms in total. The van der Waals surface area contributed by atoms with Gasteiger partial charge in [0.25, 0.3) is 10.0 Å². The van der Waals surface area contributed by atoms with Crippen LogP contribution in [0.5, 0.6) is 11.5 Å². The van der Waals surface area contributed by atoms with Crippen molar-refractivity contribution < 1.29 is 26.7 Å². The van der Waals surface area contributed by atoms with Crippen LogP contribution in [0.4, 0.5) is 20.3 Å². The summed E-state index contributed by atoms with van der Waals surface area (Å²) in [4.78, 5) is 10.9. The molecule has 1 aliphatic heterocycles. The normalized spacial score (nSPS) is 16.6. The Kier molecular flexibility index (Phi) is 11.0. The second-order valence-electron chi connectivity index (χ2n) is 11.8. The zero-order valence-electron chi connectivity index (χ0n) is 27.1. The highest BCUT2D eigenvalue weighted by atomic mass is 35.5. The highest BCUT2D eigenvalue weighted by Gasteiger charge is 2.39. The lowest BCUT2D eigenvalue weighted by Gasteiger charge is -2.48. The van der Waals surface area contributed by atoms with Gasteiger partial charge in [-0.2, -0.15) is 0 Å². The Hall–Kier alpha value is -3.71. The van der Waals surface area contributed by atoms with E-state index in [-0.39, 0.29) is 23.6 Å². The van der Waals surface area contributed by atoms with Gasteiger partial charge in [-0.3, -0.25) is 0 Å². The minimum absolute atomic E-state index is 0.0730. The number of rotatable bonds is 12. The molecule has 0 aliphatic carbocycles. The fourth-order valence-electron chi connectivity index (χ4n) is 6.20. The molecule has 48 heavy (non-hydrogen) atoms. The number of ether oxygens (including phenoxy) is 2. The number of halogens is 4. The van der Waals surface area contributed by atoms with Gasteiger partial charge in [0.2, 0.25) is 0 Å². The first kappa shape index (κ1) is 35.6. The Morgan fingerprint density at radius 2 is 1.71 bits per heavy atom. The van der Waals surface area contributed by atoms with Crippen LogP contribution in [0.15, 0.2) is 72.0 Å². The Balaban J connectivity index is 1.47. The molecular weight excluding hydrogens is 683 g/mol. The van der Waals surface area contributed by atoms with Crippen LogP contribution in [0.25, 0.3) is 0 Å². The molecule has 1 aliphatic rings. The zero-order chi connectivity index (χ0) is 34.6. The molecule has 3 aromatic carbocycles. The van der Waals surface area contributed by atoms with Gasteiger partial charge < -0.3 is 19.3 Å². The van der Waals surface area contributed by atoms with Crippen molar-refractivity contribution in [3.8, 4) is 11.5 Å². The van der Waals surface area contributed by atoms with Crippen LogP contribution in [0.3, 0.4) is 0 Å². The van der Waals surface area contributed by atoms with Crippen molar-refractivity contribution in [2.24, 2.45) is 0 Å². The predicted molar refractivity (Wildman–Crippen MR) is 184 cm³/mol. The van der Waals surface area contributed by atoms with Gasteiger partial charge in [0.1, 0.15) is 35.3 Å². The molecule has 256 valence electrons. The fourth-order valence-corrected chi connectivity index (χ4v) is 8.28. The van der Waals surface area contributed by atoms with Crippen molar-refractivity contribution in [2.75, 3.05) is 50.6 Å². The van der Waals surface area contributed by atoms with Crippen LogP contribution < -0.4 is 18.7 Å². The van der Waals surface area contributed by atoms with Crippen molar-refractivity contribution in [3.63, 3.8) is 0 Å². The molecule has 0 spiro atoms. The number of aromatic nitrogens is 2. The van der Waals surface area contributed by atoms with Crippen LogP contribution in [0.2, 0.25) is 10.0 Å². The Morgan fingerprint density at radius 3 is 2.31 bits per heavy atom. The lowest BCUT2D eigenvalue weighted by molar-refractivity contribution is 0.116. The Morgan fingerprint density at radius 1 is 1.00 bits per heavy atom. The van der Waals surface area contributed by atoms with Crippen LogP contribution in [-0.4, -0.2) is 70.2 Å². The first-order valence-electron chi connectivity index (χ1n) is 15.2. The molecule has 0 amide bonds. The lowest BCUT2D eigenvalue weighted by Crippen LogP contribution is -2.56. The zero-order valence-corrected chi connectivity index (χ0v) is 29.4. The van der Waals surface area contributed by atoms with Crippen molar-refractivity contribution >= 4 is 44.7 Å². The number of likely N-dealkylation sites (N-methyl/N-ethyl adjacent to an activating group) is 1. The van der Waals surface area contributed by atoms with Gasteiger partial charge in [0.05, 0.1) is 20.8 Å². The van der Waals surface area contributed by atoms with Gasteiger partial charge in [-0.15, -0.1) is 0 Å². The summed E-state index contributed by atoms with van der Waals surface area (Å²) in [7, 11) is 2.05. The Bertz CT molecular complexity index is 1830. The summed E-state index contributed by atoms with van der Waals surface area (Å²) in [6.07, 6.45) is 5.41. The smallest absolute Gasteiger partial charge is 0.271 e. The topological polar surface area (TPSA) is 88.1 Å². The van der Waals surface area contributed by atoms with Crippen LogP contribution in [-0.2, 0) is 23.0 Å². The van der Waals surface area contributed by atoms with E-state index >= 15 is 8.78 Å². The molecule has 0 bridgehead atoms. The number of anilines is 2. The van der Waals surface area contributed by atoms with Gasteiger partial charge >= 0.3 is 0 Å². The summed E-state index contributed by atoms with van der Waals surface area (Å²) >= 11 is 12.9. The highest BCUT2D eigenvalue weighted by molar-refractivity contribution is 7.92. The molecule has 1 atom stereocenters. The Labute approximate surface area is 290 Å². The summed E-state index contributed by atoms with van der Waals surface area (Å²) in [5.41, 5.74) is 1.16. The van der Waals surface area contributed by atoms with E-state index in [1.54, 1.807) is 36.4 Å². The molecule has 0 N–H and O–H groups in total. The summed E-state index contributed by atoms with van der Waals surface area (Å²) < 4.78 is 71.9. The quantitative estimate of drug-likeness (QED) is 0.155. The number of hydrogen-bond donors (Lipinski definition) is 0. The molecule has 2 heterocycles. The lowest BCUT2D eigenvalue weighted by atomic mass is 9.82. The first-order valence-corrected chi connectivity index (χ1v) is 17.4. The van der Waals surface area contributed by atoms with E-state index in [0.29, 0.717) is 53.0 Å². The van der Waals surface area contributed by atoms with Gasteiger partial charge in [-0.25, -0.2) is 31.5 Å². The molecular formula is C34H37Cl2F2N5O4S. The van der Waals surface area contributed by atoms with Gasteiger partial charge in [-0.1, -0.05) is 29.3 Å². The van der Waals surface area contributed by atoms with Crippen molar-refractivity contribution in [1.29, 1.82) is 0 Å². The van der Waals surface area contributed by atoms with E-state index < -0.39 is 26.6 Å². The molecule has 5 rings (SSSR count). The molecule has 1 fully saturated rings. The summed E-state index contributed by atoms with van der Waals surface area (Å²) in [5.74, 6) is -1.69. The fraction of sp³-hybridized carbons (Fsp3) is 0.353. The average Bonchev–Trinajstić information content (AvgIpc) is 3.06. The molecule has 4 aromatic rings. The molecule has 1 aromatic heterocycles. The van der Waals surface area contributed by atoms with Gasteiger partial charge in [-0.05, 0) is 81.7 Å². The largest absolute Gasteiger partial charge is 0.497 e. The molecule has 0 unspecified atom stereocenters. The van der Waals surface area contributed by atoms with Crippen LogP contribution in [0, 0.1) is 11.6 Å². The van der Waals surface area contributed by atoms with E-state index in [1.165, 1.54) is 26.5 Å². The van der Waals surface area contributed by atoms with Crippen molar-refractivity contribution in [2.45, 2.75) is 42.7 Å². The van der Waals surface area contributed by atoms with Crippen molar-refractivity contribution in [3.05, 3.63) is 99.9 Å². The number of nitrogens with zero attached hydrogens (tertiary/aromatic N) is 5. The third-order valence-electron chi connectivity index (χ3n) is 8.93. The summed E-state index contributed by atoms with van der Waals surface area (Å²) in [6, 6.07) is 13.8. The van der Waals surface area contributed by atoms with Gasteiger partial charge in [0, 0.05) is 58.3 Å².